The van der Waals surface area contributed by atoms with E-state index in [1.807, 2.05) is 18.2 Å². The molecule has 17 heavy (non-hydrogen) atoms. The molecule has 2 nitrogen and oxygen atoms in total. The van der Waals surface area contributed by atoms with Crippen LogP contribution in [-0.4, -0.2) is 23.6 Å². The zero-order valence-electron chi connectivity index (χ0n) is 10.3. The molecule has 0 aromatic heterocycles. The Hall–Kier alpha value is -0.380. The number of hydrogen-bond acceptors (Lipinski definition) is 3. The molecule has 0 bridgehead atoms. The summed E-state index contributed by atoms with van der Waals surface area (Å²) in [5, 5.41) is 2.10. The molecule has 1 aliphatic rings. The highest BCUT2D eigenvalue weighted by Crippen LogP contribution is 2.31. The highest BCUT2D eigenvalue weighted by Gasteiger charge is 2.23. The maximum Gasteiger partial charge on any atom is 0.0427 e. The minimum atomic E-state index is 0.568. The third kappa shape index (κ3) is 3.09. The Bertz CT molecular complexity index is 387. The first-order valence-corrected chi connectivity index (χ1v) is 7.31. The van der Waals surface area contributed by atoms with E-state index in [1.54, 1.807) is 0 Å². The third-order valence-corrected chi connectivity index (χ3v) is 4.49. The van der Waals surface area contributed by atoms with E-state index >= 15 is 0 Å². The molecule has 1 aromatic carbocycles. The first-order chi connectivity index (χ1) is 8.10. The molecule has 0 amide bonds. The second-order valence-electron chi connectivity index (χ2n) is 4.64. The van der Waals surface area contributed by atoms with Crippen LogP contribution in [0, 0.1) is 0 Å². The SMILES string of the molecule is CC1CN(c2cc(Cl)ccc2CN)CC(C)S1. The van der Waals surface area contributed by atoms with Gasteiger partial charge in [0.05, 0.1) is 0 Å². The molecule has 1 saturated heterocycles. The second kappa shape index (κ2) is 5.51. The number of hydrogen-bond donors (Lipinski definition) is 1. The van der Waals surface area contributed by atoms with E-state index in [0.717, 1.165) is 18.1 Å². The minimum Gasteiger partial charge on any atom is -0.369 e. The zero-order valence-corrected chi connectivity index (χ0v) is 11.9. The van der Waals surface area contributed by atoms with Crippen molar-refractivity contribution in [2.24, 2.45) is 5.73 Å². The molecule has 0 aliphatic carbocycles. The van der Waals surface area contributed by atoms with Crippen molar-refractivity contribution in [2.75, 3.05) is 18.0 Å². The largest absolute Gasteiger partial charge is 0.369 e. The first-order valence-electron chi connectivity index (χ1n) is 5.99. The van der Waals surface area contributed by atoms with Crippen LogP contribution in [0.15, 0.2) is 18.2 Å². The van der Waals surface area contributed by atoms with E-state index in [4.69, 9.17) is 17.3 Å². The summed E-state index contributed by atoms with van der Waals surface area (Å²) in [7, 11) is 0. The van der Waals surface area contributed by atoms with E-state index in [1.165, 1.54) is 11.3 Å². The van der Waals surface area contributed by atoms with E-state index < -0.39 is 0 Å². The normalized spacial score (nSPS) is 25.1. The fraction of sp³-hybridized carbons (Fsp3) is 0.538. The molecule has 1 fully saturated rings. The second-order valence-corrected chi connectivity index (χ2v) is 6.96. The van der Waals surface area contributed by atoms with Crippen molar-refractivity contribution < 1.29 is 0 Å². The Kier molecular flexibility index (Phi) is 4.23. The van der Waals surface area contributed by atoms with Crippen LogP contribution in [-0.2, 0) is 6.54 Å². The average Bonchev–Trinajstić information content (AvgIpc) is 2.27. The van der Waals surface area contributed by atoms with Crippen molar-refractivity contribution in [3.8, 4) is 0 Å². The van der Waals surface area contributed by atoms with Crippen LogP contribution in [0.4, 0.5) is 5.69 Å². The van der Waals surface area contributed by atoms with Gasteiger partial charge in [-0.05, 0) is 17.7 Å². The molecule has 94 valence electrons. The van der Waals surface area contributed by atoms with Gasteiger partial charge in [0.1, 0.15) is 0 Å². The van der Waals surface area contributed by atoms with E-state index in [0.29, 0.717) is 17.0 Å². The summed E-state index contributed by atoms with van der Waals surface area (Å²) in [5.74, 6) is 0. The minimum absolute atomic E-state index is 0.568. The Morgan fingerprint density at radius 2 is 2.00 bits per heavy atom. The lowest BCUT2D eigenvalue weighted by molar-refractivity contribution is 0.724. The zero-order chi connectivity index (χ0) is 12.4. The number of thioether (sulfide) groups is 1. The quantitative estimate of drug-likeness (QED) is 0.895. The Balaban J connectivity index is 2.28. The molecular weight excluding hydrogens is 252 g/mol. The Labute approximate surface area is 113 Å². The van der Waals surface area contributed by atoms with Gasteiger partial charge in [-0.2, -0.15) is 11.8 Å². The van der Waals surface area contributed by atoms with Gasteiger partial charge in [0, 0.05) is 40.8 Å². The molecule has 4 heteroatoms. The number of nitrogens with two attached hydrogens (primary N) is 1. The fourth-order valence-corrected chi connectivity index (χ4v) is 3.87. The van der Waals surface area contributed by atoms with Crippen LogP contribution in [0.5, 0.6) is 0 Å². The number of benzene rings is 1. The summed E-state index contributed by atoms with van der Waals surface area (Å²) in [6.45, 7) is 7.27. The van der Waals surface area contributed by atoms with Gasteiger partial charge in [-0.15, -0.1) is 0 Å². The van der Waals surface area contributed by atoms with Crippen LogP contribution in [0.25, 0.3) is 0 Å². The molecule has 0 spiro atoms. The summed E-state index contributed by atoms with van der Waals surface area (Å²) in [6.07, 6.45) is 0. The lowest BCUT2D eigenvalue weighted by atomic mass is 10.1. The molecule has 2 unspecified atom stereocenters. The van der Waals surface area contributed by atoms with Crippen LogP contribution in [0.3, 0.4) is 0 Å². The summed E-state index contributed by atoms with van der Waals surface area (Å²) < 4.78 is 0. The monoisotopic (exact) mass is 270 g/mol. The predicted molar refractivity (Wildman–Crippen MR) is 78.1 cm³/mol. The van der Waals surface area contributed by atoms with Gasteiger partial charge in [0.15, 0.2) is 0 Å². The molecule has 2 N–H and O–H groups in total. The maximum atomic E-state index is 6.09. The van der Waals surface area contributed by atoms with Gasteiger partial charge in [-0.1, -0.05) is 31.5 Å². The summed E-state index contributed by atoms with van der Waals surface area (Å²) in [4.78, 5) is 2.42. The molecule has 1 heterocycles. The van der Waals surface area contributed by atoms with E-state index in [-0.39, 0.29) is 0 Å². The Morgan fingerprint density at radius 1 is 1.35 bits per heavy atom. The lowest BCUT2D eigenvalue weighted by Gasteiger charge is -2.37. The summed E-state index contributed by atoms with van der Waals surface area (Å²) in [5.41, 5.74) is 8.19. The highest BCUT2D eigenvalue weighted by atomic mass is 35.5. The standard InChI is InChI=1S/C13H19ClN2S/c1-9-7-16(8-10(2)17-9)13-5-12(14)4-3-11(13)6-15/h3-5,9-10H,6-8,15H2,1-2H3. The lowest BCUT2D eigenvalue weighted by Crippen LogP contribution is -2.41. The fourth-order valence-electron chi connectivity index (χ4n) is 2.38. The highest BCUT2D eigenvalue weighted by molar-refractivity contribution is 8.00. The Morgan fingerprint density at radius 3 is 2.59 bits per heavy atom. The van der Waals surface area contributed by atoms with E-state index in [2.05, 4.69) is 30.5 Å². The summed E-state index contributed by atoms with van der Waals surface area (Å²) >= 11 is 8.14. The molecule has 0 radical (unpaired) electrons. The van der Waals surface area contributed by atoms with Gasteiger partial charge in [0.2, 0.25) is 0 Å². The first kappa shape index (κ1) is 13.1. The molecule has 2 atom stereocenters. The van der Waals surface area contributed by atoms with Crippen LogP contribution in [0.2, 0.25) is 5.02 Å². The smallest absolute Gasteiger partial charge is 0.0427 e. The van der Waals surface area contributed by atoms with Crippen molar-refractivity contribution in [2.45, 2.75) is 30.9 Å². The van der Waals surface area contributed by atoms with Crippen LogP contribution < -0.4 is 10.6 Å². The molecular formula is C13H19ClN2S. The van der Waals surface area contributed by atoms with Gasteiger partial charge in [-0.25, -0.2) is 0 Å². The number of rotatable bonds is 2. The topological polar surface area (TPSA) is 29.3 Å². The van der Waals surface area contributed by atoms with Gasteiger partial charge < -0.3 is 10.6 Å². The molecule has 0 saturated carbocycles. The van der Waals surface area contributed by atoms with Crippen LogP contribution in [0.1, 0.15) is 19.4 Å². The molecule has 1 aliphatic heterocycles. The van der Waals surface area contributed by atoms with E-state index in [9.17, 15) is 0 Å². The van der Waals surface area contributed by atoms with Gasteiger partial charge in [-0.3, -0.25) is 0 Å². The van der Waals surface area contributed by atoms with Crippen LogP contribution >= 0.6 is 23.4 Å². The number of nitrogens with zero attached hydrogens (tertiary/aromatic N) is 1. The van der Waals surface area contributed by atoms with Crippen molar-refractivity contribution in [1.29, 1.82) is 0 Å². The third-order valence-electron chi connectivity index (χ3n) is 3.03. The summed E-state index contributed by atoms with van der Waals surface area (Å²) in [6, 6.07) is 5.99. The molecule has 2 rings (SSSR count). The molecule has 1 aromatic rings. The number of halogens is 1. The van der Waals surface area contributed by atoms with Crippen molar-refractivity contribution in [3.63, 3.8) is 0 Å². The van der Waals surface area contributed by atoms with Crippen molar-refractivity contribution in [1.82, 2.24) is 0 Å². The number of anilines is 1. The van der Waals surface area contributed by atoms with Gasteiger partial charge >= 0.3 is 0 Å². The predicted octanol–water partition coefficient (Wildman–Crippen LogP) is 3.13. The average molecular weight is 271 g/mol. The van der Waals surface area contributed by atoms with Crippen molar-refractivity contribution in [3.05, 3.63) is 28.8 Å². The van der Waals surface area contributed by atoms with Gasteiger partial charge in [0.25, 0.3) is 0 Å². The van der Waals surface area contributed by atoms with Crippen molar-refractivity contribution >= 4 is 29.1 Å². The maximum absolute atomic E-state index is 6.09.